The molecule has 0 radical (unpaired) electrons. The Morgan fingerprint density at radius 1 is 1.50 bits per heavy atom. The zero-order valence-corrected chi connectivity index (χ0v) is 10.4. The van der Waals surface area contributed by atoms with Crippen molar-refractivity contribution in [1.82, 2.24) is 4.98 Å². The van der Waals surface area contributed by atoms with Gasteiger partial charge in [-0.15, -0.1) is 11.6 Å². The fourth-order valence-corrected chi connectivity index (χ4v) is 2.25. The molecule has 0 amide bonds. The standard InChI is InChI=1S/C11H13Cl2NO2/c1-2-15-11-9(13)4-10(11)16-8-3-7(12)5-14-6-8/h3,5-6,9-11H,2,4H2,1H3. The van der Waals surface area contributed by atoms with E-state index in [1.807, 2.05) is 6.92 Å². The average molecular weight is 262 g/mol. The van der Waals surface area contributed by atoms with E-state index in [2.05, 4.69) is 4.98 Å². The van der Waals surface area contributed by atoms with Crippen LogP contribution in [0.4, 0.5) is 0 Å². The van der Waals surface area contributed by atoms with E-state index in [1.54, 1.807) is 18.5 Å². The first-order chi connectivity index (χ1) is 7.70. The van der Waals surface area contributed by atoms with Crippen LogP contribution in [0.25, 0.3) is 0 Å². The second-order valence-corrected chi connectivity index (χ2v) is 4.66. The van der Waals surface area contributed by atoms with Gasteiger partial charge in [0.25, 0.3) is 0 Å². The highest BCUT2D eigenvalue weighted by molar-refractivity contribution is 6.30. The number of hydrogen-bond donors (Lipinski definition) is 0. The molecule has 1 saturated carbocycles. The van der Waals surface area contributed by atoms with E-state index in [0.29, 0.717) is 17.4 Å². The van der Waals surface area contributed by atoms with Gasteiger partial charge >= 0.3 is 0 Å². The molecule has 5 heteroatoms. The Labute approximate surface area is 105 Å². The van der Waals surface area contributed by atoms with Crippen LogP contribution in [0.3, 0.4) is 0 Å². The maximum absolute atomic E-state index is 6.04. The molecule has 16 heavy (non-hydrogen) atoms. The van der Waals surface area contributed by atoms with Gasteiger partial charge in [0.05, 0.1) is 16.6 Å². The third-order valence-corrected chi connectivity index (χ3v) is 3.14. The van der Waals surface area contributed by atoms with Crippen molar-refractivity contribution in [3.05, 3.63) is 23.5 Å². The molecule has 1 aliphatic carbocycles. The molecule has 0 bridgehead atoms. The summed E-state index contributed by atoms with van der Waals surface area (Å²) >= 11 is 11.9. The summed E-state index contributed by atoms with van der Waals surface area (Å²) < 4.78 is 11.2. The zero-order valence-electron chi connectivity index (χ0n) is 8.90. The Morgan fingerprint density at radius 2 is 2.31 bits per heavy atom. The molecule has 1 heterocycles. The second-order valence-electron chi connectivity index (χ2n) is 3.67. The van der Waals surface area contributed by atoms with Gasteiger partial charge in [-0.25, -0.2) is 0 Å². The van der Waals surface area contributed by atoms with Gasteiger partial charge < -0.3 is 9.47 Å². The lowest BCUT2D eigenvalue weighted by molar-refractivity contribution is -0.0760. The quantitative estimate of drug-likeness (QED) is 0.782. The Bertz CT molecular complexity index is 362. The van der Waals surface area contributed by atoms with Gasteiger partial charge in [0.15, 0.2) is 0 Å². The van der Waals surface area contributed by atoms with Crippen LogP contribution in [0.1, 0.15) is 13.3 Å². The van der Waals surface area contributed by atoms with Gasteiger partial charge in [-0.05, 0) is 6.92 Å². The molecule has 0 aliphatic heterocycles. The third-order valence-electron chi connectivity index (χ3n) is 2.51. The summed E-state index contributed by atoms with van der Waals surface area (Å²) in [6, 6.07) is 1.74. The Kier molecular flexibility index (Phi) is 3.90. The van der Waals surface area contributed by atoms with Crippen molar-refractivity contribution in [2.75, 3.05) is 6.61 Å². The Morgan fingerprint density at radius 3 is 2.94 bits per heavy atom. The van der Waals surface area contributed by atoms with E-state index >= 15 is 0 Å². The van der Waals surface area contributed by atoms with Gasteiger partial charge in [-0.3, -0.25) is 4.98 Å². The summed E-state index contributed by atoms with van der Waals surface area (Å²) in [6.45, 7) is 2.58. The number of halogens is 2. The normalized spacial score (nSPS) is 28.6. The molecule has 3 nitrogen and oxygen atoms in total. The molecule has 0 saturated heterocycles. The van der Waals surface area contributed by atoms with E-state index in [0.717, 1.165) is 6.42 Å². The number of nitrogens with zero attached hydrogens (tertiary/aromatic N) is 1. The smallest absolute Gasteiger partial charge is 0.139 e. The van der Waals surface area contributed by atoms with Gasteiger partial charge in [0, 0.05) is 25.3 Å². The Hall–Kier alpha value is -0.510. The number of ether oxygens (including phenoxy) is 2. The van der Waals surface area contributed by atoms with Crippen molar-refractivity contribution in [2.45, 2.75) is 30.9 Å². The lowest BCUT2D eigenvalue weighted by Crippen LogP contribution is -2.52. The number of rotatable bonds is 4. The van der Waals surface area contributed by atoms with E-state index in [1.165, 1.54) is 0 Å². The summed E-state index contributed by atoms with van der Waals surface area (Å²) in [5.41, 5.74) is 0. The van der Waals surface area contributed by atoms with Crippen LogP contribution < -0.4 is 4.74 Å². The van der Waals surface area contributed by atoms with Crippen molar-refractivity contribution in [2.24, 2.45) is 0 Å². The summed E-state index contributed by atoms with van der Waals surface area (Å²) in [5, 5.41) is 0.601. The summed E-state index contributed by atoms with van der Waals surface area (Å²) in [5.74, 6) is 0.658. The molecule has 0 spiro atoms. The maximum Gasteiger partial charge on any atom is 0.139 e. The average Bonchev–Trinajstić information content (AvgIpc) is 2.26. The first-order valence-electron chi connectivity index (χ1n) is 5.23. The summed E-state index contributed by atoms with van der Waals surface area (Å²) in [7, 11) is 0. The minimum atomic E-state index is -0.0364. The van der Waals surface area contributed by atoms with Crippen LogP contribution in [0.2, 0.25) is 5.02 Å². The van der Waals surface area contributed by atoms with E-state index in [9.17, 15) is 0 Å². The number of alkyl halides is 1. The predicted octanol–water partition coefficient (Wildman–Crippen LogP) is 2.90. The fraction of sp³-hybridized carbons (Fsp3) is 0.545. The monoisotopic (exact) mass is 261 g/mol. The van der Waals surface area contributed by atoms with Crippen LogP contribution in [-0.4, -0.2) is 29.2 Å². The van der Waals surface area contributed by atoms with Crippen molar-refractivity contribution in [3.63, 3.8) is 0 Å². The van der Waals surface area contributed by atoms with Crippen LogP contribution in [0.5, 0.6) is 5.75 Å². The largest absolute Gasteiger partial charge is 0.486 e. The molecular weight excluding hydrogens is 249 g/mol. The predicted molar refractivity (Wildman–Crippen MR) is 63.3 cm³/mol. The minimum Gasteiger partial charge on any atom is -0.486 e. The Balaban J connectivity index is 1.95. The highest BCUT2D eigenvalue weighted by Crippen LogP contribution is 2.33. The highest BCUT2D eigenvalue weighted by Gasteiger charge is 2.42. The summed E-state index contributed by atoms with van der Waals surface area (Å²) in [6.07, 6.45) is 3.96. The first-order valence-corrected chi connectivity index (χ1v) is 6.05. The van der Waals surface area contributed by atoms with Crippen LogP contribution in [0.15, 0.2) is 18.5 Å². The van der Waals surface area contributed by atoms with Crippen LogP contribution in [0, 0.1) is 0 Å². The SMILES string of the molecule is CCOC1C(Cl)CC1Oc1cncc(Cl)c1. The molecule has 0 aromatic carbocycles. The van der Waals surface area contributed by atoms with E-state index in [4.69, 9.17) is 32.7 Å². The minimum absolute atomic E-state index is 0.00252. The number of aromatic nitrogens is 1. The number of pyridine rings is 1. The van der Waals surface area contributed by atoms with Crippen LogP contribution in [-0.2, 0) is 4.74 Å². The molecular formula is C11H13Cl2NO2. The van der Waals surface area contributed by atoms with Gasteiger partial charge in [-0.2, -0.15) is 0 Å². The molecule has 88 valence electrons. The van der Waals surface area contributed by atoms with Crippen molar-refractivity contribution < 1.29 is 9.47 Å². The molecule has 1 fully saturated rings. The van der Waals surface area contributed by atoms with Crippen molar-refractivity contribution >= 4 is 23.2 Å². The van der Waals surface area contributed by atoms with Crippen LogP contribution >= 0.6 is 23.2 Å². The van der Waals surface area contributed by atoms with Crippen molar-refractivity contribution in [3.8, 4) is 5.75 Å². The summed E-state index contributed by atoms with van der Waals surface area (Å²) in [4.78, 5) is 3.95. The molecule has 0 N–H and O–H groups in total. The molecule has 1 aliphatic rings. The second kappa shape index (κ2) is 5.21. The molecule has 1 aromatic rings. The van der Waals surface area contributed by atoms with Gasteiger partial charge in [-0.1, -0.05) is 11.6 Å². The number of hydrogen-bond acceptors (Lipinski definition) is 3. The van der Waals surface area contributed by atoms with Crippen molar-refractivity contribution in [1.29, 1.82) is 0 Å². The third kappa shape index (κ3) is 2.59. The van der Waals surface area contributed by atoms with E-state index < -0.39 is 0 Å². The molecule has 2 rings (SSSR count). The van der Waals surface area contributed by atoms with E-state index in [-0.39, 0.29) is 17.6 Å². The molecule has 1 aromatic heterocycles. The van der Waals surface area contributed by atoms with Gasteiger partial charge in [0.1, 0.15) is 18.0 Å². The molecule has 3 atom stereocenters. The zero-order chi connectivity index (χ0) is 11.5. The maximum atomic E-state index is 6.04. The molecule has 3 unspecified atom stereocenters. The lowest BCUT2D eigenvalue weighted by Gasteiger charge is -2.40. The van der Waals surface area contributed by atoms with Gasteiger partial charge in [0.2, 0.25) is 0 Å². The topological polar surface area (TPSA) is 31.4 Å². The highest BCUT2D eigenvalue weighted by atomic mass is 35.5. The fourth-order valence-electron chi connectivity index (χ4n) is 1.68. The first kappa shape index (κ1) is 12.0. The lowest BCUT2D eigenvalue weighted by atomic mass is 9.91.